The summed E-state index contributed by atoms with van der Waals surface area (Å²) in [6, 6.07) is 13.0. The Balaban J connectivity index is 1.40. The number of amides is 1. The van der Waals surface area contributed by atoms with Crippen molar-refractivity contribution in [3.8, 4) is 5.69 Å². The van der Waals surface area contributed by atoms with Crippen molar-refractivity contribution in [1.29, 1.82) is 0 Å². The third kappa shape index (κ3) is 5.59. The van der Waals surface area contributed by atoms with Crippen LogP contribution in [0.1, 0.15) is 36.2 Å². The van der Waals surface area contributed by atoms with Gasteiger partial charge in [-0.05, 0) is 55.3 Å². The van der Waals surface area contributed by atoms with Crippen LogP contribution < -0.4 is 15.9 Å². The molecule has 12 nitrogen and oxygen atoms in total. The fourth-order valence-corrected chi connectivity index (χ4v) is 4.84. The molecule has 0 aliphatic rings. The first-order valence-corrected chi connectivity index (χ1v) is 13.6. The van der Waals surface area contributed by atoms with Gasteiger partial charge in [-0.3, -0.25) is 14.3 Å². The lowest BCUT2D eigenvalue weighted by molar-refractivity contribution is -0.137. The molecule has 0 saturated carbocycles. The standard InChI is InChI=1S/C30H30N8O4/c1-3-16-37-24-6-5-13-33-27(24)38(30(37)42)22-9-7-20(8-10-22)17-23(29(40)41)35-26-25(18-32-19-34-26)36(4-2)28(39)21-11-14-31-15-12-21/h5-15,18-19,23H,3-4,16-17H2,1-2H3,(H,40,41)(H,32,34,35)/t23-/m0/s1. The zero-order valence-electron chi connectivity index (χ0n) is 23.2. The molecular formula is C30H30N8O4. The Hall–Kier alpha value is -5.39. The number of carboxylic acids is 1. The van der Waals surface area contributed by atoms with Crippen molar-refractivity contribution in [1.82, 2.24) is 29.1 Å². The summed E-state index contributed by atoms with van der Waals surface area (Å²) in [4.78, 5) is 56.9. The highest BCUT2D eigenvalue weighted by molar-refractivity contribution is 6.07. The first kappa shape index (κ1) is 28.1. The largest absolute Gasteiger partial charge is 0.480 e. The van der Waals surface area contributed by atoms with E-state index in [9.17, 15) is 19.5 Å². The van der Waals surface area contributed by atoms with Gasteiger partial charge in [-0.15, -0.1) is 0 Å². The molecule has 1 amide bonds. The van der Waals surface area contributed by atoms with Gasteiger partial charge in [0.2, 0.25) is 0 Å². The molecule has 4 aromatic heterocycles. The second kappa shape index (κ2) is 12.4. The van der Waals surface area contributed by atoms with E-state index in [-0.39, 0.29) is 23.8 Å². The number of aryl methyl sites for hydroxylation is 1. The van der Waals surface area contributed by atoms with Gasteiger partial charge in [0.05, 0.1) is 17.4 Å². The minimum atomic E-state index is -1.09. The number of benzene rings is 1. The lowest BCUT2D eigenvalue weighted by Crippen LogP contribution is -2.35. The Morgan fingerprint density at radius 1 is 1.00 bits per heavy atom. The minimum Gasteiger partial charge on any atom is -0.480 e. The zero-order chi connectivity index (χ0) is 29.6. The summed E-state index contributed by atoms with van der Waals surface area (Å²) < 4.78 is 3.27. The number of fused-ring (bicyclic) bond motifs is 1. The van der Waals surface area contributed by atoms with Crippen molar-refractivity contribution in [3.05, 3.63) is 101 Å². The summed E-state index contributed by atoms with van der Waals surface area (Å²) in [5.74, 6) is -1.15. The topological polar surface area (TPSA) is 148 Å². The molecular weight excluding hydrogens is 536 g/mol. The zero-order valence-corrected chi connectivity index (χ0v) is 23.2. The van der Waals surface area contributed by atoms with Gasteiger partial charge in [-0.25, -0.2) is 29.1 Å². The van der Waals surface area contributed by atoms with Gasteiger partial charge in [0.1, 0.15) is 18.1 Å². The van der Waals surface area contributed by atoms with Gasteiger partial charge < -0.3 is 15.3 Å². The van der Waals surface area contributed by atoms with Crippen LogP contribution in [0.15, 0.2) is 84.4 Å². The lowest BCUT2D eigenvalue weighted by atomic mass is 10.1. The number of anilines is 2. The van der Waals surface area contributed by atoms with Crippen molar-refractivity contribution < 1.29 is 14.7 Å². The molecule has 42 heavy (non-hydrogen) atoms. The van der Waals surface area contributed by atoms with E-state index in [1.807, 2.05) is 19.9 Å². The Bertz CT molecular complexity index is 1770. The summed E-state index contributed by atoms with van der Waals surface area (Å²) in [7, 11) is 0. The Labute approximate surface area is 241 Å². The molecule has 0 aliphatic heterocycles. The summed E-state index contributed by atoms with van der Waals surface area (Å²) in [6.45, 7) is 4.71. The van der Waals surface area contributed by atoms with Crippen molar-refractivity contribution >= 4 is 34.5 Å². The molecule has 1 atom stereocenters. The molecule has 12 heteroatoms. The summed E-state index contributed by atoms with van der Waals surface area (Å²) in [5, 5.41) is 13.0. The fourth-order valence-electron chi connectivity index (χ4n) is 4.84. The monoisotopic (exact) mass is 566 g/mol. The van der Waals surface area contributed by atoms with Crippen LogP contribution in [0, 0.1) is 0 Å². The van der Waals surface area contributed by atoms with E-state index in [1.165, 1.54) is 29.8 Å². The molecule has 5 rings (SSSR count). The highest BCUT2D eigenvalue weighted by atomic mass is 16.4. The number of pyridine rings is 2. The third-order valence-electron chi connectivity index (χ3n) is 6.85. The second-order valence-corrected chi connectivity index (χ2v) is 9.56. The molecule has 0 spiro atoms. The van der Waals surface area contributed by atoms with E-state index in [0.717, 1.165) is 17.5 Å². The van der Waals surface area contributed by atoms with E-state index >= 15 is 0 Å². The maximum atomic E-state index is 13.2. The number of nitrogens with zero attached hydrogens (tertiary/aromatic N) is 7. The first-order chi connectivity index (χ1) is 20.4. The first-order valence-electron chi connectivity index (χ1n) is 13.6. The van der Waals surface area contributed by atoms with Crippen LogP contribution in [0.3, 0.4) is 0 Å². The van der Waals surface area contributed by atoms with E-state index in [0.29, 0.717) is 35.7 Å². The smallest absolute Gasteiger partial charge is 0.334 e. The average molecular weight is 567 g/mol. The molecule has 0 saturated heterocycles. The summed E-state index contributed by atoms with van der Waals surface area (Å²) in [5.41, 5.74) is 3.30. The van der Waals surface area contributed by atoms with Crippen LogP contribution >= 0.6 is 0 Å². The number of hydrogen-bond donors (Lipinski definition) is 2. The van der Waals surface area contributed by atoms with Crippen LogP contribution in [-0.2, 0) is 17.8 Å². The summed E-state index contributed by atoms with van der Waals surface area (Å²) in [6.07, 6.45) is 8.41. The number of imidazole rings is 1. The number of nitrogens with one attached hydrogen (secondary N) is 1. The molecule has 0 fully saturated rings. The van der Waals surface area contributed by atoms with Crippen molar-refractivity contribution in [2.24, 2.45) is 0 Å². The van der Waals surface area contributed by atoms with E-state index in [2.05, 4.69) is 25.3 Å². The SMILES string of the molecule is CCCn1c(=O)n(-c2ccc(C[C@H](Nc3ncncc3N(CC)C(=O)c3ccncc3)C(=O)O)cc2)c2ncccc21. The van der Waals surface area contributed by atoms with Gasteiger partial charge in [-0.2, -0.15) is 0 Å². The number of carbonyl (C=O) groups excluding carboxylic acids is 1. The van der Waals surface area contributed by atoms with Crippen LogP contribution in [0.5, 0.6) is 0 Å². The van der Waals surface area contributed by atoms with Gasteiger partial charge in [0, 0.05) is 43.7 Å². The maximum absolute atomic E-state index is 13.2. The van der Waals surface area contributed by atoms with Crippen molar-refractivity contribution in [2.45, 2.75) is 39.3 Å². The molecule has 0 radical (unpaired) electrons. The van der Waals surface area contributed by atoms with Gasteiger partial charge >= 0.3 is 11.7 Å². The maximum Gasteiger partial charge on any atom is 0.334 e. The molecule has 2 N–H and O–H groups in total. The predicted molar refractivity (Wildman–Crippen MR) is 158 cm³/mol. The van der Waals surface area contributed by atoms with Crippen LogP contribution in [0.4, 0.5) is 11.5 Å². The van der Waals surface area contributed by atoms with Crippen LogP contribution in [0.25, 0.3) is 16.9 Å². The number of aliphatic carboxylic acids is 1. The Morgan fingerprint density at radius 2 is 1.76 bits per heavy atom. The van der Waals surface area contributed by atoms with Gasteiger partial charge in [0.15, 0.2) is 11.5 Å². The molecule has 5 aromatic rings. The van der Waals surface area contributed by atoms with Crippen molar-refractivity contribution in [2.75, 3.05) is 16.8 Å². The number of carbonyl (C=O) groups is 2. The van der Waals surface area contributed by atoms with Gasteiger partial charge in [-0.1, -0.05) is 19.1 Å². The molecule has 1 aromatic carbocycles. The molecule has 0 aliphatic carbocycles. The molecule has 0 unspecified atom stereocenters. The minimum absolute atomic E-state index is 0.119. The number of aromatic nitrogens is 6. The average Bonchev–Trinajstić information content (AvgIpc) is 3.29. The van der Waals surface area contributed by atoms with E-state index in [1.54, 1.807) is 57.8 Å². The third-order valence-corrected chi connectivity index (χ3v) is 6.85. The molecule has 4 heterocycles. The Morgan fingerprint density at radius 3 is 2.45 bits per heavy atom. The highest BCUT2D eigenvalue weighted by Gasteiger charge is 2.25. The normalized spacial score (nSPS) is 11.8. The van der Waals surface area contributed by atoms with Gasteiger partial charge in [0.25, 0.3) is 5.91 Å². The quantitative estimate of drug-likeness (QED) is 0.245. The summed E-state index contributed by atoms with van der Waals surface area (Å²) >= 11 is 0. The number of hydrogen-bond acceptors (Lipinski definition) is 8. The Kier molecular flexibility index (Phi) is 8.32. The molecule has 0 bridgehead atoms. The second-order valence-electron chi connectivity index (χ2n) is 9.56. The van der Waals surface area contributed by atoms with E-state index < -0.39 is 12.0 Å². The number of carboxylic acid groups (broad SMARTS) is 1. The van der Waals surface area contributed by atoms with Crippen molar-refractivity contribution in [3.63, 3.8) is 0 Å². The lowest BCUT2D eigenvalue weighted by Gasteiger charge is -2.24. The van der Waals surface area contributed by atoms with Crippen LogP contribution in [-0.4, -0.2) is 58.6 Å². The van der Waals surface area contributed by atoms with E-state index in [4.69, 9.17) is 0 Å². The van der Waals surface area contributed by atoms with Crippen LogP contribution in [0.2, 0.25) is 0 Å². The highest BCUT2D eigenvalue weighted by Crippen LogP contribution is 2.25. The molecule has 214 valence electrons. The fraction of sp³-hybridized carbons (Fsp3) is 0.233. The predicted octanol–water partition coefficient (Wildman–Crippen LogP) is 3.56. The number of rotatable bonds is 11.